The van der Waals surface area contributed by atoms with E-state index in [9.17, 15) is 9.59 Å². The molecule has 0 aromatic carbocycles. The van der Waals surface area contributed by atoms with Crippen molar-refractivity contribution in [2.75, 3.05) is 0 Å². The summed E-state index contributed by atoms with van der Waals surface area (Å²) in [5.41, 5.74) is 0. The molecule has 0 radical (unpaired) electrons. The maximum absolute atomic E-state index is 11.7. The zero-order chi connectivity index (χ0) is 12.8. The summed E-state index contributed by atoms with van der Waals surface area (Å²) in [5, 5.41) is 5.13. The lowest BCUT2D eigenvalue weighted by Gasteiger charge is -2.21. The zero-order valence-electron chi connectivity index (χ0n) is 11.0. The highest BCUT2D eigenvalue weighted by molar-refractivity contribution is 6.04. The second-order valence-electron chi connectivity index (χ2n) is 5.61. The third-order valence-electron chi connectivity index (χ3n) is 4.18. The van der Waals surface area contributed by atoms with Gasteiger partial charge < -0.3 is 5.32 Å². The van der Waals surface area contributed by atoms with E-state index in [1.807, 2.05) is 0 Å². The molecule has 1 aliphatic heterocycles. The first-order valence-corrected chi connectivity index (χ1v) is 7.39. The molecule has 4 heteroatoms. The van der Waals surface area contributed by atoms with Crippen LogP contribution in [-0.4, -0.2) is 18.0 Å². The van der Waals surface area contributed by atoms with Crippen molar-refractivity contribution >= 4 is 11.9 Å². The van der Waals surface area contributed by atoms with Crippen LogP contribution in [0.2, 0.25) is 0 Å². The maximum atomic E-state index is 11.7. The highest BCUT2D eigenvalue weighted by Crippen LogP contribution is 2.25. The third-order valence-corrected chi connectivity index (χ3v) is 4.18. The van der Waals surface area contributed by atoms with E-state index in [-0.39, 0.29) is 18.0 Å². The van der Waals surface area contributed by atoms with Gasteiger partial charge in [-0.2, -0.15) is 0 Å². The summed E-state index contributed by atoms with van der Waals surface area (Å²) in [5.74, 6) is 0.203. The number of imide groups is 1. The van der Waals surface area contributed by atoms with Crippen LogP contribution in [0.1, 0.15) is 64.2 Å². The molecular formula is C14H24N2O2. The Labute approximate surface area is 109 Å². The molecule has 0 aromatic rings. The summed E-state index contributed by atoms with van der Waals surface area (Å²) >= 11 is 0. The van der Waals surface area contributed by atoms with Crippen molar-refractivity contribution in [1.82, 2.24) is 10.6 Å². The van der Waals surface area contributed by atoms with Crippen LogP contribution in [0.4, 0.5) is 4.79 Å². The van der Waals surface area contributed by atoms with Crippen molar-refractivity contribution in [3.63, 3.8) is 0 Å². The van der Waals surface area contributed by atoms with Gasteiger partial charge in [-0.05, 0) is 18.8 Å². The number of urea groups is 1. The summed E-state index contributed by atoms with van der Waals surface area (Å²) in [4.78, 5) is 22.9. The number of nitrogens with one attached hydrogen (secondary N) is 2. The SMILES string of the molecule is O=C1NC(=O)C(C2CCCCCCCCCC2)N1. The van der Waals surface area contributed by atoms with Crippen LogP contribution < -0.4 is 10.6 Å². The van der Waals surface area contributed by atoms with Crippen LogP contribution in [0.3, 0.4) is 0 Å². The molecule has 102 valence electrons. The predicted octanol–water partition coefficient (Wildman–Crippen LogP) is 2.73. The van der Waals surface area contributed by atoms with Crippen molar-refractivity contribution in [3.05, 3.63) is 0 Å². The predicted molar refractivity (Wildman–Crippen MR) is 70.1 cm³/mol. The lowest BCUT2D eigenvalue weighted by molar-refractivity contribution is -0.121. The monoisotopic (exact) mass is 252 g/mol. The molecule has 2 N–H and O–H groups in total. The number of rotatable bonds is 1. The Morgan fingerprint density at radius 1 is 0.778 bits per heavy atom. The molecule has 1 aliphatic carbocycles. The fraction of sp³-hybridized carbons (Fsp3) is 0.857. The minimum atomic E-state index is -0.320. The topological polar surface area (TPSA) is 58.2 Å². The number of amides is 3. The molecular weight excluding hydrogens is 228 g/mol. The average molecular weight is 252 g/mol. The molecule has 1 heterocycles. The Morgan fingerprint density at radius 2 is 1.28 bits per heavy atom. The molecule has 0 bridgehead atoms. The lowest BCUT2D eigenvalue weighted by atomic mass is 9.88. The normalized spacial score (nSPS) is 28.3. The van der Waals surface area contributed by atoms with E-state index in [2.05, 4.69) is 10.6 Å². The molecule has 3 amide bonds. The molecule has 1 saturated heterocycles. The second kappa shape index (κ2) is 6.76. The van der Waals surface area contributed by atoms with Crippen LogP contribution in [0.25, 0.3) is 0 Å². The molecule has 2 rings (SSSR count). The van der Waals surface area contributed by atoms with Gasteiger partial charge in [0, 0.05) is 0 Å². The van der Waals surface area contributed by atoms with Gasteiger partial charge in [0.25, 0.3) is 5.91 Å². The van der Waals surface area contributed by atoms with Crippen molar-refractivity contribution < 1.29 is 9.59 Å². The van der Waals surface area contributed by atoms with E-state index in [1.165, 1.54) is 51.4 Å². The maximum Gasteiger partial charge on any atom is 0.322 e. The minimum Gasteiger partial charge on any atom is -0.326 e. The molecule has 0 aromatic heterocycles. The molecule has 2 fully saturated rings. The number of hydrogen-bond donors (Lipinski definition) is 2. The summed E-state index contributed by atoms with van der Waals surface area (Å²) in [6.45, 7) is 0. The molecule has 0 spiro atoms. The van der Waals surface area contributed by atoms with Crippen molar-refractivity contribution in [3.8, 4) is 0 Å². The van der Waals surface area contributed by atoms with Gasteiger partial charge in [0.2, 0.25) is 0 Å². The van der Waals surface area contributed by atoms with Crippen LogP contribution in [0.5, 0.6) is 0 Å². The third kappa shape index (κ3) is 3.72. The van der Waals surface area contributed by atoms with E-state index in [0.717, 1.165) is 12.8 Å². The Bertz CT molecular complexity index is 292. The van der Waals surface area contributed by atoms with E-state index in [0.29, 0.717) is 5.92 Å². The smallest absolute Gasteiger partial charge is 0.322 e. The van der Waals surface area contributed by atoms with Crippen LogP contribution in [-0.2, 0) is 4.79 Å². The van der Waals surface area contributed by atoms with Crippen molar-refractivity contribution in [2.24, 2.45) is 5.92 Å². The van der Waals surface area contributed by atoms with Gasteiger partial charge in [0.15, 0.2) is 0 Å². The van der Waals surface area contributed by atoms with Gasteiger partial charge in [-0.3, -0.25) is 10.1 Å². The van der Waals surface area contributed by atoms with Crippen molar-refractivity contribution in [2.45, 2.75) is 70.3 Å². The van der Waals surface area contributed by atoms with Crippen LogP contribution in [0.15, 0.2) is 0 Å². The van der Waals surface area contributed by atoms with Gasteiger partial charge in [-0.25, -0.2) is 4.79 Å². The van der Waals surface area contributed by atoms with Gasteiger partial charge in [0.1, 0.15) is 6.04 Å². The van der Waals surface area contributed by atoms with Crippen LogP contribution >= 0.6 is 0 Å². The fourth-order valence-electron chi connectivity index (χ4n) is 3.12. The summed E-state index contributed by atoms with van der Waals surface area (Å²) < 4.78 is 0. The number of carbonyl (C=O) groups excluding carboxylic acids is 2. The molecule has 1 unspecified atom stereocenters. The standard InChI is InChI=1S/C14H24N2O2/c17-13-12(15-14(18)16-13)11-9-7-5-3-1-2-4-6-8-10-11/h11-12H,1-10H2,(H2,15,16,17,18). The Hall–Kier alpha value is -1.06. The quantitative estimate of drug-likeness (QED) is 0.705. The zero-order valence-corrected chi connectivity index (χ0v) is 11.0. The van der Waals surface area contributed by atoms with E-state index >= 15 is 0 Å². The summed E-state index contributed by atoms with van der Waals surface area (Å²) in [6, 6.07) is -0.599. The molecule has 1 saturated carbocycles. The minimum absolute atomic E-state index is 0.125. The molecule has 4 nitrogen and oxygen atoms in total. The van der Waals surface area contributed by atoms with Gasteiger partial charge in [-0.15, -0.1) is 0 Å². The summed E-state index contributed by atoms with van der Waals surface area (Å²) in [6.07, 6.45) is 12.4. The molecule has 2 aliphatic rings. The summed E-state index contributed by atoms with van der Waals surface area (Å²) in [7, 11) is 0. The first kappa shape index (κ1) is 13.4. The second-order valence-corrected chi connectivity index (χ2v) is 5.61. The van der Waals surface area contributed by atoms with E-state index in [1.54, 1.807) is 0 Å². The van der Waals surface area contributed by atoms with E-state index < -0.39 is 0 Å². The van der Waals surface area contributed by atoms with E-state index in [4.69, 9.17) is 0 Å². The molecule has 1 atom stereocenters. The number of carbonyl (C=O) groups is 2. The fourth-order valence-corrected chi connectivity index (χ4v) is 3.12. The van der Waals surface area contributed by atoms with Gasteiger partial charge in [-0.1, -0.05) is 51.4 Å². The Balaban J connectivity index is 1.90. The van der Waals surface area contributed by atoms with Gasteiger partial charge in [0.05, 0.1) is 0 Å². The highest BCUT2D eigenvalue weighted by Gasteiger charge is 2.35. The van der Waals surface area contributed by atoms with Crippen molar-refractivity contribution in [1.29, 1.82) is 0 Å². The average Bonchev–Trinajstić information content (AvgIpc) is 2.65. The lowest BCUT2D eigenvalue weighted by Crippen LogP contribution is -2.37. The van der Waals surface area contributed by atoms with Gasteiger partial charge >= 0.3 is 6.03 Å². The largest absolute Gasteiger partial charge is 0.326 e. The van der Waals surface area contributed by atoms with Crippen LogP contribution in [0, 0.1) is 5.92 Å². The Morgan fingerprint density at radius 3 is 1.72 bits per heavy atom. The first-order chi connectivity index (χ1) is 8.77. The highest BCUT2D eigenvalue weighted by atomic mass is 16.2. The Kier molecular flexibility index (Phi) is 5.02. The molecule has 18 heavy (non-hydrogen) atoms. The number of hydrogen-bond acceptors (Lipinski definition) is 2. The first-order valence-electron chi connectivity index (χ1n) is 7.39.